The predicted octanol–water partition coefficient (Wildman–Crippen LogP) is -2.88. The number of anilines is 1. The van der Waals surface area contributed by atoms with Crippen LogP contribution in [0.15, 0.2) is 16.1 Å². The van der Waals surface area contributed by atoms with Crippen molar-refractivity contribution in [3.8, 4) is 0 Å². The molecule has 0 spiro atoms. The summed E-state index contributed by atoms with van der Waals surface area (Å²) in [6, 6.07) is -0.881. The molecule has 220 valence electrons. The lowest BCUT2D eigenvalue weighted by molar-refractivity contribution is -0.106. The minimum Gasteiger partial charge on any atom is -0.394 e. The molecule has 3 amide bonds. The predicted molar refractivity (Wildman–Crippen MR) is 132 cm³/mol. The number of rotatable bonds is 10. The highest BCUT2D eigenvalue weighted by Gasteiger charge is 2.43. The SMILES string of the molecule is NC(=NC=O)NC(=O)N[C@H]1CC(OP(=O)(O)OCCC2(O)CO[C@@H](n3cnc4c(=O)[nH]c(N)nc43)C2)[C@@H](CO)O1. The summed E-state index contributed by atoms with van der Waals surface area (Å²) < 4.78 is 35.2. The molecule has 4 heterocycles. The van der Waals surface area contributed by atoms with Gasteiger partial charge in [0.2, 0.25) is 18.3 Å². The van der Waals surface area contributed by atoms with E-state index in [4.69, 9.17) is 30.0 Å². The number of aromatic amines is 1. The van der Waals surface area contributed by atoms with Crippen LogP contribution < -0.4 is 27.7 Å². The number of ether oxygens (including phenoxy) is 2. The number of phosphoric acid groups is 1. The third-order valence-corrected chi connectivity index (χ3v) is 7.10. The number of aromatic nitrogens is 4. The molecule has 2 aromatic rings. The van der Waals surface area contributed by atoms with Crippen molar-refractivity contribution in [2.75, 3.05) is 25.6 Å². The number of H-pyrrole nitrogens is 1. The van der Waals surface area contributed by atoms with Crippen LogP contribution >= 0.6 is 7.82 Å². The van der Waals surface area contributed by atoms with E-state index in [2.05, 4.69) is 30.6 Å². The molecule has 0 bridgehead atoms. The fourth-order valence-corrected chi connectivity index (χ4v) is 5.17. The summed E-state index contributed by atoms with van der Waals surface area (Å²) in [6.45, 7) is -1.17. The average molecular weight is 589 g/mol. The van der Waals surface area contributed by atoms with E-state index in [9.17, 15) is 34.1 Å². The van der Waals surface area contributed by atoms with Gasteiger partial charge in [-0.1, -0.05) is 0 Å². The number of fused-ring (bicyclic) bond motifs is 1. The van der Waals surface area contributed by atoms with Gasteiger partial charge in [-0.3, -0.25) is 33.5 Å². The van der Waals surface area contributed by atoms with Crippen molar-refractivity contribution < 1.29 is 47.8 Å². The van der Waals surface area contributed by atoms with Gasteiger partial charge in [0.25, 0.3) is 5.56 Å². The van der Waals surface area contributed by atoms with Gasteiger partial charge in [-0.25, -0.2) is 14.3 Å². The van der Waals surface area contributed by atoms with Crippen molar-refractivity contribution in [1.29, 1.82) is 0 Å². The average Bonchev–Trinajstić information content (AvgIpc) is 3.55. The van der Waals surface area contributed by atoms with E-state index in [-0.39, 0.29) is 49.4 Å². The molecule has 10 N–H and O–H groups in total. The number of nitrogens with two attached hydrogens (primary N) is 2. The lowest BCUT2D eigenvalue weighted by Gasteiger charge is -2.23. The molecule has 0 aromatic carbocycles. The van der Waals surface area contributed by atoms with Crippen molar-refractivity contribution in [2.45, 2.75) is 49.5 Å². The number of nitrogen functional groups attached to an aromatic ring is 1. The highest BCUT2D eigenvalue weighted by atomic mass is 31.2. The van der Waals surface area contributed by atoms with E-state index in [1.165, 1.54) is 10.9 Å². The van der Waals surface area contributed by atoms with E-state index in [1.807, 2.05) is 0 Å². The van der Waals surface area contributed by atoms with Crippen LogP contribution in [0.1, 0.15) is 25.5 Å². The summed E-state index contributed by atoms with van der Waals surface area (Å²) >= 11 is 0. The second-order valence-corrected chi connectivity index (χ2v) is 10.4. The number of hydrogen-bond donors (Lipinski definition) is 8. The summed E-state index contributed by atoms with van der Waals surface area (Å²) in [5.41, 5.74) is 9.11. The van der Waals surface area contributed by atoms with Gasteiger partial charge >= 0.3 is 13.9 Å². The number of carbonyl (C=O) groups is 2. The molecule has 0 radical (unpaired) electrons. The van der Waals surface area contributed by atoms with Gasteiger partial charge in [0.15, 0.2) is 11.2 Å². The Labute approximate surface area is 224 Å². The molecule has 2 aliphatic heterocycles. The Kier molecular flexibility index (Phi) is 8.80. The van der Waals surface area contributed by atoms with Crippen molar-refractivity contribution in [3.63, 3.8) is 0 Å². The standard InChI is InChI=1S/C19H28N9O11P/c20-16(23-8-30)27-18(32)24-11-3-9(10(5-29)38-11)39-40(34,35)37-2-1-19(33)4-12(36-6-19)28-7-22-13-14(28)25-17(21)26-15(13)31/h7-12,29,33H,1-6H2,(H,34,35)(H3,21,25,26,31)(H4,20,23,24,27,30,32)/t9?,10-,11-,12-,19?/m1/s1. The number of imidazole rings is 1. The van der Waals surface area contributed by atoms with Gasteiger partial charge in [0.05, 0.1) is 31.7 Å². The van der Waals surface area contributed by atoms with Crippen LogP contribution in [-0.2, 0) is 27.9 Å². The summed E-state index contributed by atoms with van der Waals surface area (Å²) in [4.78, 5) is 57.9. The molecule has 2 aliphatic rings. The molecule has 2 saturated heterocycles. The van der Waals surface area contributed by atoms with Gasteiger partial charge in [0.1, 0.15) is 24.7 Å². The molecular formula is C19H28N9O11P. The molecule has 4 rings (SSSR count). The van der Waals surface area contributed by atoms with Crippen molar-refractivity contribution >= 4 is 43.3 Å². The maximum atomic E-state index is 12.5. The largest absolute Gasteiger partial charge is 0.472 e. The lowest BCUT2D eigenvalue weighted by Crippen LogP contribution is -2.47. The summed E-state index contributed by atoms with van der Waals surface area (Å²) in [5.74, 6) is -0.587. The Morgan fingerprint density at radius 1 is 1.48 bits per heavy atom. The Balaban J connectivity index is 1.28. The summed E-state index contributed by atoms with van der Waals surface area (Å²) in [6.07, 6.45) is -2.81. The van der Waals surface area contributed by atoms with Crippen LogP contribution in [0.25, 0.3) is 11.2 Å². The number of aliphatic imine (C=N–C) groups is 1. The number of guanidine groups is 1. The summed E-state index contributed by atoms with van der Waals surface area (Å²) in [5, 5.41) is 24.9. The smallest absolute Gasteiger partial charge is 0.394 e. The second kappa shape index (κ2) is 11.9. The Morgan fingerprint density at radius 2 is 2.25 bits per heavy atom. The third kappa shape index (κ3) is 6.98. The first kappa shape index (κ1) is 29.5. The zero-order valence-electron chi connectivity index (χ0n) is 20.7. The number of nitrogens with zero attached hydrogens (tertiary/aromatic N) is 4. The Bertz CT molecular complexity index is 1380. The molecule has 0 aliphatic carbocycles. The number of amides is 3. The molecule has 21 heteroatoms. The third-order valence-electron chi connectivity index (χ3n) is 6.06. The van der Waals surface area contributed by atoms with E-state index >= 15 is 0 Å². The highest BCUT2D eigenvalue weighted by Crippen LogP contribution is 2.48. The fraction of sp³-hybridized carbons (Fsp3) is 0.579. The maximum Gasteiger partial charge on any atom is 0.472 e. The highest BCUT2D eigenvalue weighted by molar-refractivity contribution is 7.47. The number of aliphatic hydroxyl groups excluding tert-OH is 1. The first-order valence-corrected chi connectivity index (χ1v) is 13.2. The molecular weight excluding hydrogens is 561 g/mol. The number of aliphatic hydroxyl groups is 2. The lowest BCUT2D eigenvalue weighted by atomic mass is 9.99. The zero-order valence-corrected chi connectivity index (χ0v) is 21.6. The number of hydrogen-bond acceptors (Lipinski definition) is 13. The zero-order chi connectivity index (χ0) is 29.1. The van der Waals surface area contributed by atoms with E-state index in [1.54, 1.807) is 0 Å². The molecule has 2 fully saturated rings. The van der Waals surface area contributed by atoms with Crippen LogP contribution in [0.3, 0.4) is 0 Å². The van der Waals surface area contributed by atoms with Crippen LogP contribution in [0, 0.1) is 0 Å². The molecule has 3 unspecified atom stereocenters. The minimum absolute atomic E-state index is 0.0212. The van der Waals surface area contributed by atoms with Gasteiger partial charge in [-0.05, 0) is 0 Å². The number of nitrogens with one attached hydrogen (secondary N) is 3. The van der Waals surface area contributed by atoms with Crippen molar-refractivity contribution in [1.82, 2.24) is 30.2 Å². The van der Waals surface area contributed by atoms with Crippen LogP contribution in [0.2, 0.25) is 0 Å². The van der Waals surface area contributed by atoms with Crippen molar-refractivity contribution in [3.05, 3.63) is 16.7 Å². The van der Waals surface area contributed by atoms with Crippen molar-refractivity contribution in [2.24, 2.45) is 10.7 Å². The maximum absolute atomic E-state index is 12.5. The first-order valence-electron chi connectivity index (χ1n) is 11.7. The fourth-order valence-electron chi connectivity index (χ4n) is 4.22. The van der Waals surface area contributed by atoms with Crippen LogP contribution in [0.4, 0.5) is 10.7 Å². The number of carbonyl (C=O) groups excluding carboxylic acids is 2. The summed E-state index contributed by atoms with van der Waals surface area (Å²) in [7, 11) is -4.70. The van der Waals surface area contributed by atoms with Crippen LogP contribution in [-0.4, -0.2) is 96.9 Å². The van der Waals surface area contributed by atoms with Gasteiger partial charge in [-0.2, -0.15) is 9.98 Å². The topological polar surface area (TPSA) is 301 Å². The molecule has 2 aromatic heterocycles. The van der Waals surface area contributed by atoms with Gasteiger partial charge < -0.3 is 41.4 Å². The molecule has 6 atom stereocenters. The minimum atomic E-state index is -4.70. The normalized spacial score (nSPS) is 28.4. The molecule has 0 saturated carbocycles. The van der Waals surface area contributed by atoms with Crippen LogP contribution in [0.5, 0.6) is 0 Å². The van der Waals surface area contributed by atoms with Gasteiger partial charge in [0, 0.05) is 19.3 Å². The number of urea groups is 1. The van der Waals surface area contributed by atoms with E-state index in [0.717, 1.165) is 0 Å². The molecule has 20 nitrogen and oxygen atoms in total. The molecule has 40 heavy (non-hydrogen) atoms. The van der Waals surface area contributed by atoms with Gasteiger partial charge in [-0.15, -0.1) is 0 Å². The number of phosphoric ester groups is 1. The van der Waals surface area contributed by atoms with E-state index < -0.39 is 68.9 Å². The quantitative estimate of drug-likeness (QED) is 0.0597. The Morgan fingerprint density at radius 3 is 2.98 bits per heavy atom. The second-order valence-electron chi connectivity index (χ2n) is 8.96. The first-order chi connectivity index (χ1) is 18.9. The Hall–Kier alpha value is -3.49. The monoisotopic (exact) mass is 589 g/mol. The van der Waals surface area contributed by atoms with E-state index in [0.29, 0.717) is 0 Å².